The number of aliphatic hydroxyl groups excluding tert-OH is 2. The summed E-state index contributed by atoms with van der Waals surface area (Å²) in [5.41, 5.74) is 8.11. The molecule has 3 aliphatic carbocycles. The maximum atomic E-state index is 13.4. The van der Waals surface area contributed by atoms with Crippen LogP contribution in [0.4, 0.5) is 5.82 Å². The number of ether oxygens (including phenoxy) is 4. The number of pyridine rings is 1. The lowest BCUT2D eigenvalue weighted by atomic mass is 9.36. The molecular formula is C48H65N3O10. The van der Waals surface area contributed by atoms with E-state index in [1.54, 1.807) is 30.5 Å². The maximum absolute atomic E-state index is 13.4. The van der Waals surface area contributed by atoms with E-state index >= 15 is 0 Å². The van der Waals surface area contributed by atoms with Crippen LogP contribution in [0.25, 0.3) is 0 Å². The largest absolute Gasteiger partial charge is 0.504 e. The number of carboxylic acid groups (broad SMARTS) is 1. The normalized spacial score (nSPS) is 32.9. The molecule has 332 valence electrons. The van der Waals surface area contributed by atoms with Crippen LogP contribution in [-0.2, 0) is 16.0 Å². The van der Waals surface area contributed by atoms with Gasteiger partial charge in [-0.15, -0.1) is 0 Å². The van der Waals surface area contributed by atoms with Gasteiger partial charge in [0.05, 0.1) is 39.0 Å². The number of methoxy groups -OCH3 is 2. The second-order valence-electron chi connectivity index (χ2n) is 19.0. The van der Waals surface area contributed by atoms with Crippen LogP contribution in [0.15, 0.2) is 48.7 Å². The number of nitrogen functional groups attached to an aromatic ring is 1. The number of phenolic OH excluding ortho intramolecular Hbond substituents is 2. The summed E-state index contributed by atoms with van der Waals surface area (Å²) in [7, 11) is 2.98. The van der Waals surface area contributed by atoms with Crippen LogP contribution in [0.5, 0.6) is 28.7 Å². The van der Waals surface area contributed by atoms with Crippen LogP contribution >= 0.6 is 0 Å². The van der Waals surface area contributed by atoms with Crippen LogP contribution < -0.4 is 25.3 Å². The Labute approximate surface area is 359 Å². The van der Waals surface area contributed by atoms with Crippen molar-refractivity contribution in [3.05, 3.63) is 65.4 Å². The van der Waals surface area contributed by atoms with E-state index in [0.717, 1.165) is 56.1 Å². The Morgan fingerprint density at radius 3 is 2.46 bits per heavy atom. The third-order valence-corrected chi connectivity index (χ3v) is 15.9. The van der Waals surface area contributed by atoms with E-state index < -0.39 is 35.6 Å². The predicted molar refractivity (Wildman–Crippen MR) is 229 cm³/mol. The Morgan fingerprint density at radius 2 is 1.74 bits per heavy atom. The molecule has 2 spiro atoms. The Balaban J connectivity index is 1.15. The predicted octanol–water partition coefficient (Wildman–Crippen LogP) is 7.04. The van der Waals surface area contributed by atoms with Crippen molar-refractivity contribution in [2.24, 2.45) is 28.1 Å². The number of nitrogens with two attached hydrogens (primary N) is 1. The summed E-state index contributed by atoms with van der Waals surface area (Å²) in [6.45, 7) is 2.15. The number of rotatable bonds is 14. The number of hydrogen-bond donors (Lipinski definition) is 7. The summed E-state index contributed by atoms with van der Waals surface area (Å²) in [5, 5.41) is 58.3. The topological polar surface area (TPSA) is 206 Å². The number of nitrogens with one attached hydrogen (secondary N) is 1. The first-order chi connectivity index (χ1) is 29.4. The SMILES string of the molecule is COc1cc(CC[C@H]2C[C@H](O)[C@@H](CCO)[C@@H](c3cc(OC)c(O)c(OC[C@H]4N[C@H](C)C[C@@]56CCC[C@@H]5C5(CCCC5)C[C@H](c5ccnc(N)c5)[C@@]46CC(=O)O)c3)O2)ccc1O. The molecule has 13 heteroatoms. The van der Waals surface area contributed by atoms with Crippen LogP contribution in [0.1, 0.15) is 119 Å². The van der Waals surface area contributed by atoms with Crippen LogP contribution in [0.3, 0.4) is 0 Å². The van der Waals surface area contributed by atoms with Crippen molar-refractivity contribution in [2.75, 3.05) is 33.2 Å². The van der Waals surface area contributed by atoms with Gasteiger partial charge in [-0.25, -0.2) is 4.98 Å². The zero-order valence-electron chi connectivity index (χ0n) is 35.9. The van der Waals surface area contributed by atoms with E-state index in [1.807, 2.05) is 18.2 Å². The molecule has 2 aromatic carbocycles. The van der Waals surface area contributed by atoms with Crippen molar-refractivity contribution in [1.82, 2.24) is 10.3 Å². The summed E-state index contributed by atoms with van der Waals surface area (Å²) >= 11 is 0. The first-order valence-electron chi connectivity index (χ1n) is 22.4. The smallest absolute Gasteiger partial charge is 0.304 e. The number of nitrogens with zero attached hydrogens (tertiary/aromatic N) is 1. The minimum absolute atomic E-state index is 0.0372. The highest BCUT2D eigenvalue weighted by Gasteiger charge is 2.73. The summed E-state index contributed by atoms with van der Waals surface area (Å²) in [4.78, 5) is 17.7. The fourth-order valence-corrected chi connectivity index (χ4v) is 13.7. The van der Waals surface area contributed by atoms with Gasteiger partial charge in [0.2, 0.25) is 5.75 Å². The molecule has 1 aromatic heterocycles. The number of phenols is 2. The molecule has 5 fully saturated rings. The van der Waals surface area contributed by atoms with Crippen molar-refractivity contribution >= 4 is 11.8 Å². The van der Waals surface area contributed by atoms with Gasteiger partial charge in [0, 0.05) is 36.2 Å². The van der Waals surface area contributed by atoms with Gasteiger partial charge in [0.15, 0.2) is 23.0 Å². The summed E-state index contributed by atoms with van der Waals surface area (Å²) < 4.78 is 24.6. The summed E-state index contributed by atoms with van der Waals surface area (Å²) in [6.07, 6.45) is 11.4. The molecule has 3 heterocycles. The monoisotopic (exact) mass is 843 g/mol. The number of aromatic nitrogens is 1. The molecule has 0 amide bonds. The molecule has 2 saturated heterocycles. The van der Waals surface area contributed by atoms with Crippen molar-refractivity contribution < 1.29 is 49.3 Å². The van der Waals surface area contributed by atoms with Crippen molar-refractivity contribution in [1.29, 1.82) is 0 Å². The quantitative estimate of drug-likeness (QED) is 0.0871. The van der Waals surface area contributed by atoms with Gasteiger partial charge in [-0.1, -0.05) is 25.3 Å². The molecule has 61 heavy (non-hydrogen) atoms. The van der Waals surface area contributed by atoms with E-state index in [2.05, 4.69) is 17.2 Å². The lowest BCUT2D eigenvalue weighted by Gasteiger charge is -2.70. The van der Waals surface area contributed by atoms with Gasteiger partial charge in [-0.3, -0.25) is 4.79 Å². The Hall–Kier alpha value is -4.30. The van der Waals surface area contributed by atoms with E-state index in [1.165, 1.54) is 27.1 Å². The molecule has 3 aromatic rings. The van der Waals surface area contributed by atoms with Gasteiger partial charge >= 0.3 is 5.97 Å². The molecule has 13 nitrogen and oxygen atoms in total. The third kappa shape index (κ3) is 7.78. The van der Waals surface area contributed by atoms with Gasteiger partial charge in [0.1, 0.15) is 12.4 Å². The molecule has 8 N–H and O–H groups in total. The molecule has 2 aliphatic heterocycles. The number of fused-ring (bicyclic) bond motifs is 1. The third-order valence-electron chi connectivity index (χ3n) is 15.9. The molecule has 10 atom stereocenters. The van der Waals surface area contributed by atoms with Gasteiger partial charge in [0.25, 0.3) is 0 Å². The number of aryl methyl sites for hydroxylation is 1. The summed E-state index contributed by atoms with van der Waals surface area (Å²) in [5.74, 6) is 0.00475. The molecule has 0 bridgehead atoms. The number of carbonyl (C=O) groups is 1. The molecule has 5 aliphatic rings. The molecule has 0 unspecified atom stereocenters. The van der Waals surface area contributed by atoms with Gasteiger partial charge < -0.3 is 55.5 Å². The number of anilines is 1. The minimum atomic E-state index is -0.839. The second kappa shape index (κ2) is 17.5. The van der Waals surface area contributed by atoms with E-state index in [4.69, 9.17) is 24.7 Å². The number of benzene rings is 2. The Bertz CT molecular complexity index is 2040. The lowest BCUT2D eigenvalue weighted by Crippen LogP contribution is -2.72. The zero-order chi connectivity index (χ0) is 43.1. The average molecular weight is 844 g/mol. The highest BCUT2D eigenvalue weighted by molar-refractivity contribution is 5.69. The highest BCUT2D eigenvalue weighted by atomic mass is 16.5. The van der Waals surface area contributed by atoms with E-state index in [0.29, 0.717) is 48.7 Å². The fraction of sp³-hybridized carbons (Fsp3) is 0.625. The summed E-state index contributed by atoms with van der Waals surface area (Å²) in [6, 6.07) is 12.4. The number of piperidine rings is 1. The lowest BCUT2D eigenvalue weighted by molar-refractivity contribution is -0.193. The first-order valence-corrected chi connectivity index (χ1v) is 22.4. The van der Waals surface area contributed by atoms with E-state index in [-0.39, 0.29) is 71.5 Å². The number of carboxylic acids is 1. The molecule has 8 rings (SSSR count). The van der Waals surface area contributed by atoms with Gasteiger partial charge in [-0.05, 0) is 147 Å². The fourth-order valence-electron chi connectivity index (χ4n) is 13.7. The van der Waals surface area contributed by atoms with Crippen LogP contribution in [-0.4, -0.2) is 88.2 Å². The Kier molecular flexibility index (Phi) is 12.4. The molecular weight excluding hydrogens is 779 g/mol. The van der Waals surface area contributed by atoms with Crippen molar-refractivity contribution in [3.8, 4) is 28.7 Å². The van der Waals surface area contributed by atoms with Crippen molar-refractivity contribution in [2.45, 2.75) is 133 Å². The van der Waals surface area contributed by atoms with Crippen LogP contribution in [0, 0.1) is 28.1 Å². The Morgan fingerprint density at radius 1 is 0.967 bits per heavy atom. The number of aliphatic hydroxyl groups is 2. The number of aromatic hydroxyl groups is 2. The average Bonchev–Trinajstić information content (AvgIpc) is 3.90. The molecule has 0 radical (unpaired) electrons. The second-order valence-corrected chi connectivity index (χ2v) is 19.0. The minimum Gasteiger partial charge on any atom is -0.504 e. The molecule has 3 saturated carbocycles. The van der Waals surface area contributed by atoms with Gasteiger partial charge in [-0.2, -0.15) is 0 Å². The maximum Gasteiger partial charge on any atom is 0.304 e. The number of hydrogen-bond acceptors (Lipinski definition) is 12. The number of aliphatic carboxylic acids is 1. The highest BCUT2D eigenvalue weighted by Crippen LogP contribution is 2.77. The van der Waals surface area contributed by atoms with E-state index in [9.17, 15) is 30.3 Å². The standard InChI is InChI=1S/C48H65N3O10/c1-28-24-47-16-6-7-40(47)46(14-4-5-15-46)25-34(30-12-17-50-42(49)22-30)48(47,26-43(55)56)41(51-28)27-60-39-21-31(20-38(59-3)44(39)57)45-33(13-18-52)36(54)23-32(61-45)10-8-29-9-11-35(53)37(19-29)58-2/h9,11-12,17,19-22,28,32-34,36,40-41,45,51-54,57H,4-8,10,13-16,18,23-27H2,1-3H3,(H2,49,50)(H,55,56)/t28-,32+,33-,34-,36+,40-,41-,45-,47+,48+/m1/s1. The van der Waals surface area contributed by atoms with Crippen molar-refractivity contribution in [3.63, 3.8) is 0 Å². The van der Waals surface area contributed by atoms with Crippen LogP contribution in [0.2, 0.25) is 0 Å². The first kappa shape index (κ1) is 43.4. The zero-order valence-corrected chi connectivity index (χ0v) is 35.9.